The molecule has 13 aromatic rings. The van der Waals surface area contributed by atoms with Crippen molar-refractivity contribution >= 4 is 66.7 Å². The highest BCUT2D eigenvalue weighted by molar-refractivity contribution is 6.10. The van der Waals surface area contributed by atoms with Crippen LogP contribution in [0, 0.1) is 0 Å². The van der Waals surface area contributed by atoms with Crippen molar-refractivity contribution < 1.29 is 9.60 Å². The number of anilines is 6. The summed E-state index contributed by atoms with van der Waals surface area (Å²) in [6.45, 7) is 0. The second-order valence-electron chi connectivity index (χ2n) is 18.7. The lowest BCUT2D eigenvalue weighted by Gasteiger charge is -2.35. The number of fused-ring (bicyclic) bond motifs is 7. The van der Waals surface area contributed by atoms with Crippen molar-refractivity contribution in [2.45, 2.75) is 5.41 Å². The summed E-state index contributed by atoms with van der Waals surface area (Å²) >= 11 is 0. The van der Waals surface area contributed by atoms with E-state index in [0.717, 1.165) is 101 Å². The molecule has 74 heavy (non-hydrogen) atoms. The van der Waals surface area contributed by atoms with E-state index in [2.05, 4.69) is 166 Å². The summed E-state index contributed by atoms with van der Waals surface area (Å²) in [5.74, 6) is 0. The lowest BCUT2D eigenvalue weighted by molar-refractivity contribution is 0.778. The quantitative estimate of drug-likeness (QED) is 0.135. The largest absolute Gasteiger partial charge is 0.310 e. The predicted octanol–water partition coefficient (Wildman–Crippen LogP) is 18.9. The van der Waals surface area contributed by atoms with Crippen LogP contribution in [0.5, 0.6) is 0 Å². The number of aromatic nitrogens is 1. The van der Waals surface area contributed by atoms with E-state index < -0.39 is 35.6 Å². The molecule has 1 aromatic heterocycles. The van der Waals surface area contributed by atoms with Crippen LogP contribution >= 0.6 is 0 Å². The molecule has 1 aliphatic rings. The first kappa shape index (κ1) is 36.3. The summed E-state index contributed by atoms with van der Waals surface area (Å²) in [5.41, 5.74) is 13.2. The van der Waals surface area contributed by atoms with Crippen LogP contribution in [-0.2, 0) is 5.41 Å². The van der Waals surface area contributed by atoms with E-state index >= 15 is 0 Å². The Bertz CT molecular complexity index is 4550. The summed E-state index contributed by atoms with van der Waals surface area (Å²) in [7, 11) is 0. The molecule has 0 saturated carbocycles. The van der Waals surface area contributed by atoms with Gasteiger partial charge in [-0.25, -0.2) is 0 Å². The van der Waals surface area contributed by atoms with Crippen molar-refractivity contribution in [3.05, 3.63) is 319 Å². The summed E-state index contributed by atoms with van der Waals surface area (Å²) in [5, 5.41) is 1.86. The van der Waals surface area contributed by atoms with Crippen molar-refractivity contribution in [3.63, 3.8) is 0 Å². The molecule has 0 aliphatic heterocycles. The van der Waals surface area contributed by atoms with Crippen molar-refractivity contribution in [2.75, 3.05) is 9.80 Å². The highest BCUT2D eigenvalue weighted by Gasteiger charge is 2.48. The van der Waals surface area contributed by atoms with E-state index in [9.17, 15) is 8.22 Å². The Morgan fingerprint density at radius 1 is 0.324 bits per heavy atom. The standard InChI is InChI=1S/C71H49N3/c1-6-21-50(22-7-1)51-37-40-58(41-38-51)73(56-29-12-4-13-30-56)60-43-45-68-64(49-60)63-48-59(72(54-25-8-2-9-26-54)55-27-10-3-11-28-55)42-44-67(63)71(68,66-35-20-24-52-23-16-17-33-61(52)66)53-39-46-70-65(47-53)62-34-18-19-36-69(62)74(70)57-31-14-5-15-32-57/h1-49H/i16D,17D,20D,23D,24D,33D,35D. The molecule has 0 bridgehead atoms. The average Bonchev–Trinajstić information content (AvgIpc) is 3.80. The molecule has 0 amide bonds. The molecule has 348 valence electrons. The van der Waals surface area contributed by atoms with E-state index in [1.807, 2.05) is 103 Å². The van der Waals surface area contributed by atoms with Gasteiger partial charge in [-0.1, -0.05) is 194 Å². The maximum absolute atomic E-state index is 10.3. The normalized spacial score (nSPS) is 15.1. The first-order valence-corrected chi connectivity index (χ1v) is 24.9. The molecule has 1 heterocycles. The highest BCUT2D eigenvalue weighted by Crippen LogP contribution is 2.60. The number of para-hydroxylation sites is 5. The molecule has 0 fully saturated rings. The number of hydrogen-bond donors (Lipinski definition) is 0. The second kappa shape index (κ2) is 17.9. The van der Waals surface area contributed by atoms with E-state index in [-0.39, 0.29) is 28.4 Å². The lowest BCUT2D eigenvalue weighted by Crippen LogP contribution is -2.29. The van der Waals surface area contributed by atoms with Gasteiger partial charge >= 0.3 is 0 Å². The van der Waals surface area contributed by atoms with Crippen LogP contribution in [0.25, 0.3) is 60.5 Å². The van der Waals surface area contributed by atoms with Gasteiger partial charge in [0.1, 0.15) is 0 Å². The van der Waals surface area contributed by atoms with Crippen LogP contribution in [-0.4, -0.2) is 4.57 Å². The Morgan fingerprint density at radius 2 is 0.797 bits per heavy atom. The first-order chi connectivity index (χ1) is 39.6. The molecule has 0 radical (unpaired) electrons. The van der Waals surface area contributed by atoms with Crippen molar-refractivity contribution in [1.29, 1.82) is 0 Å². The highest BCUT2D eigenvalue weighted by atomic mass is 15.1. The summed E-state index contributed by atoms with van der Waals surface area (Å²) < 4.78 is 69.1. The monoisotopic (exact) mass is 950 g/mol. The fraction of sp³-hybridized carbons (Fsp3) is 0.0141. The van der Waals surface area contributed by atoms with Gasteiger partial charge in [0.25, 0.3) is 0 Å². The van der Waals surface area contributed by atoms with Gasteiger partial charge in [0.15, 0.2) is 0 Å². The van der Waals surface area contributed by atoms with Gasteiger partial charge in [-0.05, 0) is 158 Å². The topological polar surface area (TPSA) is 11.4 Å². The van der Waals surface area contributed by atoms with Crippen LogP contribution < -0.4 is 9.80 Å². The number of benzene rings is 12. The Kier molecular flexibility index (Phi) is 8.75. The Morgan fingerprint density at radius 3 is 1.41 bits per heavy atom. The van der Waals surface area contributed by atoms with Crippen LogP contribution in [0.1, 0.15) is 31.8 Å². The van der Waals surface area contributed by atoms with E-state index in [4.69, 9.17) is 1.37 Å². The van der Waals surface area contributed by atoms with Gasteiger partial charge in [0.2, 0.25) is 0 Å². The lowest BCUT2D eigenvalue weighted by atomic mass is 9.66. The Labute approximate surface area is 441 Å². The number of hydrogen-bond acceptors (Lipinski definition) is 2. The summed E-state index contributed by atoms with van der Waals surface area (Å²) in [4.78, 5) is 4.46. The minimum absolute atomic E-state index is 0.0328. The van der Waals surface area contributed by atoms with Crippen LogP contribution in [0.15, 0.2) is 297 Å². The first-order valence-electron chi connectivity index (χ1n) is 28.4. The van der Waals surface area contributed by atoms with Crippen molar-refractivity contribution in [1.82, 2.24) is 4.57 Å². The maximum atomic E-state index is 10.3. The van der Waals surface area contributed by atoms with E-state index in [1.165, 1.54) is 0 Å². The van der Waals surface area contributed by atoms with Gasteiger partial charge in [0.05, 0.1) is 26.0 Å². The summed E-state index contributed by atoms with van der Waals surface area (Å²) in [6.07, 6.45) is 0. The zero-order valence-corrected chi connectivity index (χ0v) is 40.1. The molecule has 0 saturated heterocycles. The third kappa shape index (κ3) is 6.97. The van der Waals surface area contributed by atoms with Gasteiger partial charge in [-0.15, -0.1) is 0 Å². The maximum Gasteiger partial charge on any atom is 0.0719 e. The summed E-state index contributed by atoms with van der Waals surface area (Å²) in [6, 6.07) is 84.4. The molecule has 0 N–H and O–H groups in total. The minimum atomic E-state index is -1.53. The number of rotatable bonds is 10. The molecule has 0 spiro atoms. The molecule has 1 aliphatic carbocycles. The minimum Gasteiger partial charge on any atom is -0.310 e. The van der Waals surface area contributed by atoms with Crippen LogP contribution in [0.4, 0.5) is 34.1 Å². The van der Waals surface area contributed by atoms with E-state index in [0.29, 0.717) is 0 Å². The number of nitrogens with zero attached hydrogens (tertiary/aromatic N) is 3. The SMILES string of the molecule is [2H]c1c([2H])c([2H])c2c(C3(c4ccc5c(c4)c4ccccc4n5-c4ccccc4)c4ccc(N(c5ccccc5)c5ccccc5)cc4-c4cc(N(c5ccccc5)c5ccc(-c6ccccc6)cc5)ccc43)c([2H])c([2H])c([2H])c2c1[2H]. The molecular weight excluding hydrogens is 895 g/mol. The molecule has 1 atom stereocenters. The fourth-order valence-corrected chi connectivity index (χ4v) is 11.5. The van der Waals surface area contributed by atoms with Crippen LogP contribution in [0.2, 0.25) is 0 Å². The fourth-order valence-electron chi connectivity index (χ4n) is 11.5. The third-order valence-corrected chi connectivity index (χ3v) is 14.7. The van der Waals surface area contributed by atoms with Gasteiger partial charge < -0.3 is 14.4 Å². The molecule has 12 aromatic carbocycles. The third-order valence-electron chi connectivity index (χ3n) is 14.7. The van der Waals surface area contributed by atoms with E-state index in [1.54, 1.807) is 0 Å². The Hall–Kier alpha value is -9.70. The molecular formula is C71H49N3. The van der Waals surface area contributed by atoms with Crippen molar-refractivity contribution in [3.8, 4) is 27.9 Å². The second-order valence-corrected chi connectivity index (χ2v) is 18.7. The van der Waals surface area contributed by atoms with Gasteiger partial charge in [-0.3, -0.25) is 0 Å². The molecule has 3 nitrogen and oxygen atoms in total. The van der Waals surface area contributed by atoms with Crippen LogP contribution in [0.3, 0.4) is 0 Å². The smallest absolute Gasteiger partial charge is 0.0719 e. The predicted molar refractivity (Wildman–Crippen MR) is 310 cm³/mol. The zero-order chi connectivity index (χ0) is 55.1. The molecule has 3 heteroatoms. The van der Waals surface area contributed by atoms with Crippen molar-refractivity contribution in [2.24, 2.45) is 0 Å². The molecule has 1 unspecified atom stereocenters. The van der Waals surface area contributed by atoms with Gasteiger partial charge in [0, 0.05) is 50.6 Å². The molecule has 14 rings (SSSR count). The Balaban J connectivity index is 1.13. The average molecular weight is 951 g/mol. The van der Waals surface area contributed by atoms with Gasteiger partial charge in [-0.2, -0.15) is 0 Å². The zero-order valence-electron chi connectivity index (χ0n) is 47.1.